The van der Waals surface area contributed by atoms with E-state index in [-0.39, 0.29) is 5.91 Å². The maximum absolute atomic E-state index is 12.3. The monoisotopic (exact) mass is 287 g/mol. The molecule has 1 aromatic carbocycles. The van der Waals surface area contributed by atoms with Gasteiger partial charge >= 0.3 is 0 Å². The maximum atomic E-state index is 12.3. The van der Waals surface area contributed by atoms with Crippen LogP contribution in [0.1, 0.15) is 15.9 Å². The lowest BCUT2D eigenvalue weighted by molar-refractivity contribution is 0.0951. The largest absolute Gasteiger partial charge is 0.351 e. The van der Waals surface area contributed by atoms with Crippen LogP contribution in [0, 0.1) is 0 Å². The molecule has 0 fully saturated rings. The molecule has 1 heterocycles. The highest BCUT2D eigenvalue weighted by Crippen LogP contribution is 2.14. The Morgan fingerprint density at radius 1 is 1.38 bits per heavy atom. The predicted octanol–water partition coefficient (Wildman–Crippen LogP) is 0.622. The van der Waals surface area contributed by atoms with Crippen molar-refractivity contribution in [2.45, 2.75) is 6.54 Å². The molecule has 1 aromatic heterocycles. The minimum atomic E-state index is -0.0998. The Kier molecular flexibility index (Phi) is 5.08. The Hall–Kier alpha value is -2.18. The van der Waals surface area contributed by atoms with Crippen molar-refractivity contribution in [3.05, 3.63) is 47.8 Å². The first-order valence-electron chi connectivity index (χ1n) is 6.87. The summed E-state index contributed by atoms with van der Waals surface area (Å²) < 4.78 is 1.68. The molecule has 0 atom stereocenters. The van der Waals surface area contributed by atoms with E-state index in [1.54, 1.807) is 16.9 Å². The molecule has 2 aromatic rings. The molecule has 0 aliphatic carbocycles. The van der Waals surface area contributed by atoms with Gasteiger partial charge in [0, 0.05) is 31.4 Å². The number of hydrogen-bond donors (Lipinski definition) is 2. The Balaban J connectivity index is 2.18. The maximum Gasteiger partial charge on any atom is 0.253 e. The molecule has 0 bridgehead atoms. The van der Waals surface area contributed by atoms with Gasteiger partial charge in [0.2, 0.25) is 0 Å². The van der Waals surface area contributed by atoms with Crippen LogP contribution in [0.4, 0.5) is 0 Å². The van der Waals surface area contributed by atoms with Crippen LogP contribution in [-0.2, 0) is 6.54 Å². The van der Waals surface area contributed by atoms with Gasteiger partial charge in [-0.3, -0.25) is 4.79 Å². The molecule has 1 amide bonds. The van der Waals surface area contributed by atoms with Gasteiger partial charge in [-0.2, -0.15) is 5.10 Å². The molecule has 0 saturated carbocycles. The highest BCUT2D eigenvalue weighted by Gasteiger charge is 2.12. The predicted molar refractivity (Wildman–Crippen MR) is 82.3 cm³/mol. The number of likely N-dealkylation sites (N-methyl/N-ethyl adjacent to an activating group) is 1. The van der Waals surface area contributed by atoms with Gasteiger partial charge < -0.3 is 16.0 Å². The van der Waals surface area contributed by atoms with Crippen LogP contribution in [0.25, 0.3) is 5.69 Å². The fourth-order valence-corrected chi connectivity index (χ4v) is 1.95. The molecule has 0 aliphatic heterocycles. The van der Waals surface area contributed by atoms with Crippen molar-refractivity contribution >= 4 is 5.91 Å². The molecule has 0 radical (unpaired) electrons. The van der Waals surface area contributed by atoms with E-state index >= 15 is 0 Å². The summed E-state index contributed by atoms with van der Waals surface area (Å²) in [5.41, 5.74) is 7.87. The first-order chi connectivity index (χ1) is 10.1. The number of nitrogens with two attached hydrogens (primary N) is 1. The molecular weight excluding hydrogens is 266 g/mol. The van der Waals surface area contributed by atoms with Gasteiger partial charge in [0.15, 0.2) is 0 Å². The Morgan fingerprint density at radius 3 is 2.81 bits per heavy atom. The smallest absolute Gasteiger partial charge is 0.253 e. The zero-order valence-electron chi connectivity index (χ0n) is 12.4. The fraction of sp³-hybridized carbons (Fsp3) is 0.333. The van der Waals surface area contributed by atoms with Gasteiger partial charge in [-0.25, -0.2) is 4.68 Å². The molecule has 3 N–H and O–H groups in total. The summed E-state index contributed by atoms with van der Waals surface area (Å²) in [6.07, 6.45) is 3.55. The summed E-state index contributed by atoms with van der Waals surface area (Å²) in [4.78, 5) is 14.3. The second-order valence-electron chi connectivity index (χ2n) is 5.07. The normalized spacial score (nSPS) is 10.9. The lowest BCUT2D eigenvalue weighted by atomic mass is 10.1. The highest BCUT2D eigenvalue weighted by molar-refractivity contribution is 5.97. The fourth-order valence-electron chi connectivity index (χ4n) is 1.95. The number of nitrogens with one attached hydrogen (secondary N) is 1. The van der Waals surface area contributed by atoms with Crippen molar-refractivity contribution in [3.8, 4) is 5.69 Å². The Morgan fingerprint density at radius 2 is 2.14 bits per heavy atom. The van der Waals surface area contributed by atoms with Crippen LogP contribution in [0.2, 0.25) is 0 Å². The molecule has 6 heteroatoms. The van der Waals surface area contributed by atoms with E-state index in [9.17, 15) is 4.79 Å². The second kappa shape index (κ2) is 7.01. The van der Waals surface area contributed by atoms with Crippen molar-refractivity contribution in [2.24, 2.45) is 5.73 Å². The van der Waals surface area contributed by atoms with Gasteiger partial charge in [-0.05, 0) is 26.2 Å². The topological polar surface area (TPSA) is 76.2 Å². The third kappa shape index (κ3) is 3.90. The summed E-state index contributed by atoms with van der Waals surface area (Å²) in [6, 6.07) is 7.39. The van der Waals surface area contributed by atoms with Crippen LogP contribution >= 0.6 is 0 Å². The molecule has 0 aliphatic rings. The van der Waals surface area contributed by atoms with E-state index in [4.69, 9.17) is 5.73 Å². The second-order valence-corrected chi connectivity index (χ2v) is 5.07. The third-order valence-electron chi connectivity index (χ3n) is 3.11. The van der Waals surface area contributed by atoms with Gasteiger partial charge in [0.1, 0.15) is 0 Å². The lowest BCUT2D eigenvalue weighted by Gasteiger charge is -2.12. The van der Waals surface area contributed by atoms with Crippen molar-refractivity contribution in [1.29, 1.82) is 0 Å². The minimum Gasteiger partial charge on any atom is -0.351 e. The number of hydrogen-bond acceptors (Lipinski definition) is 4. The Bertz CT molecular complexity index is 606. The number of amides is 1. The van der Waals surface area contributed by atoms with E-state index < -0.39 is 0 Å². The van der Waals surface area contributed by atoms with Crippen LogP contribution in [0.3, 0.4) is 0 Å². The number of nitrogens with zero attached hydrogens (tertiary/aromatic N) is 3. The number of carbonyl (C=O) groups excluding carboxylic acids is 1. The van der Waals surface area contributed by atoms with Gasteiger partial charge in [-0.15, -0.1) is 0 Å². The standard InChI is InChI=1S/C15H21N5O/c1-19(2)8-7-17-15(21)13-5-3-4-6-14(13)20-11-12(9-16)10-18-20/h3-6,10-11H,7-9,16H2,1-2H3,(H,17,21). The average molecular weight is 287 g/mol. The number of aromatic nitrogens is 2. The molecule has 112 valence electrons. The zero-order valence-corrected chi connectivity index (χ0v) is 12.4. The van der Waals surface area contributed by atoms with E-state index in [0.717, 1.165) is 17.8 Å². The van der Waals surface area contributed by atoms with Gasteiger partial charge in [0.25, 0.3) is 5.91 Å². The quantitative estimate of drug-likeness (QED) is 0.817. The molecular formula is C15H21N5O. The van der Waals surface area contributed by atoms with E-state index in [0.29, 0.717) is 18.7 Å². The Labute approximate surface area is 124 Å². The summed E-state index contributed by atoms with van der Waals surface area (Å²) in [6.45, 7) is 1.83. The number of carbonyl (C=O) groups is 1. The molecule has 0 spiro atoms. The first kappa shape index (κ1) is 15.2. The minimum absolute atomic E-state index is 0.0998. The number of para-hydroxylation sites is 1. The third-order valence-corrected chi connectivity index (χ3v) is 3.11. The average Bonchev–Trinajstić information content (AvgIpc) is 2.95. The van der Waals surface area contributed by atoms with E-state index in [2.05, 4.69) is 10.4 Å². The summed E-state index contributed by atoms with van der Waals surface area (Å²) >= 11 is 0. The van der Waals surface area contributed by atoms with Crippen molar-refractivity contribution in [3.63, 3.8) is 0 Å². The molecule has 0 saturated heterocycles. The molecule has 6 nitrogen and oxygen atoms in total. The summed E-state index contributed by atoms with van der Waals surface area (Å²) in [5.74, 6) is -0.0998. The number of rotatable bonds is 6. The van der Waals surface area contributed by atoms with E-state index in [1.807, 2.05) is 43.4 Å². The first-order valence-corrected chi connectivity index (χ1v) is 6.87. The molecule has 2 rings (SSSR count). The van der Waals surface area contributed by atoms with E-state index in [1.165, 1.54) is 0 Å². The van der Waals surface area contributed by atoms with Crippen molar-refractivity contribution < 1.29 is 4.79 Å². The zero-order chi connectivity index (χ0) is 15.2. The van der Waals surface area contributed by atoms with Gasteiger partial charge in [0.05, 0.1) is 17.4 Å². The van der Waals surface area contributed by atoms with Crippen LogP contribution in [-0.4, -0.2) is 47.8 Å². The summed E-state index contributed by atoms with van der Waals surface area (Å²) in [5, 5.41) is 7.17. The van der Waals surface area contributed by atoms with Crippen molar-refractivity contribution in [1.82, 2.24) is 20.0 Å². The molecule has 0 unspecified atom stereocenters. The van der Waals surface area contributed by atoms with Crippen molar-refractivity contribution in [2.75, 3.05) is 27.2 Å². The SMILES string of the molecule is CN(C)CCNC(=O)c1ccccc1-n1cc(CN)cn1. The lowest BCUT2D eigenvalue weighted by Crippen LogP contribution is -2.31. The number of benzene rings is 1. The molecule has 21 heavy (non-hydrogen) atoms. The highest BCUT2D eigenvalue weighted by atomic mass is 16.1. The van der Waals surface area contributed by atoms with Gasteiger partial charge in [-0.1, -0.05) is 12.1 Å². The summed E-state index contributed by atoms with van der Waals surface area (Å²) in [7, 11) is 3.94. The van der Waals surface area contributed by atoms with Crippen LogP contribution in [0.5, 0.6) is 0 Å². The van der Waals surface area contributed by atoms with Crippen LogP contribution < -0.4 is 11.1 Å². The van der Waals surface area contributed by atoms with Crippen LogP contribution in [0.15, 0.2) is 36.7 Å².